The zero-order valence-electron chi connectivity index (χ0n) is 8.56. The Hall–Kier alpha value is -0.200. The third-order valence-corrected chi connectivity index (χ3v) is 2.59. The van der Waals surface area contributed by atoms with Gasteiger partial charge in [0.1, 0.15) is 18.3 Å². The molecule has 5 heteroatoms. The van der Waals surface area contributed by atoms with Gasteiger partial charge in [-0.1, -0.05) is 0 Å². The number of hydrogen-bond donors (Lipinski definition) is 2. The highest BCUT2D eigenvalue weighted by molar-refractivity contribution is 4.99. The molecule has 5 nitrogen and oxygen atoms in total. The van der Waals surface area contributed by atoms with Gasteiger partial charge in [-0.15, -0.1) is 0 Å². The van der Waals surface area contributed by atoms with E-state index in [-0.39, 0.29) is 6.61 Å². The van der Waals surface area contributed by atoms with Crippen molar-refractivity contribution in [3.8, 4) is 0 Å². The van der Waals surface area contributed by atoms with Crippen molar-refractivity contribution in [2.75, 3.05) is 6.61 Å². The van der Waals surface area contributed by atoms with Crippen LogP contribution in [0, 0.1) is 0 Å². The van der Waals surface area contributed by atoms with E-state index in [0.717, 1.165) is 0 Å². The molecule has 0 spiro atoms. The predicted octanol–water partition coefficient (Wildman–Crippen LogP) is -0.394. The number of aliphatic hydroxyl groups excluding tert-OH is 1. The van der Waals surface area contributed by atoms with Gasteiger partial charge in [0.15, 0.2) is 11.6 Å². The molecular weight excluding hydrogens is 188 g/mol. The van der Waals surface area contributed by atoms with Crippen LogP contribution in [-0.4, -0.2) is 46.7 Å². The summed E-state index contributed by atoms with van der Waals surface area (Å²) in [5.41, 5.74) is 0. The highest BCUT2D eigenvalue weighted by Crippen LogP contribution is 2.42. The van der Waals surface area contributed by atoms with Crippen LogP contribution in [0.25, 0.3) is 0 Å². The highest BCUT2D eigenvalue weighted by Gasteiger charge is 2.60. The van der Waals surface area contributed by atoms with Crippen LogP contribution in [0.5, 0.6) is 0 Å². The molecule has 82 valence electrons. The summed E-state index contributed by atoms with van der Waals surface area (Å²) in [6.07, 6.45) is -1.45. The summed E-state index contributed by atoms with van der Waals surface area (Å²) in [7, 11) is 0. The van der Waals surface area contributed by atoms with Crippen LogP contribution in [0.15, 0.2) is 0 Å². The predicted molar refractivity (Wildman–Crippen MR) is 46.4 cm³/mol. The Morgan fingerprint density at radius 1 is 1.14 bits per heavy atom. The highest BCUT2D eigenvalue weighted by atomic mass is 16.8. The lowest BCUT2D eigenvalue weighted by atomic mass is 10.1. The molecule has 0 bridgehead atoms. The van der Waals surface area contributed by atoms with E-state index in [1.807, 2.05) is 0 Å². The van der Waals surface area contributed by atoms with Gasteiger partial charge in [-0.05, 0) is 20.8 Å². The molecule has 0 radical (unpaired) electrons. The molecule has 2 N–H and O–H groups in total. The van der Waals surface area contributed by atoms with Gasteiger partial charge in [0.2, 0.25) is 0 Å². The topological polar surface area (TPSA) is 68.2 Å². The normalized spacial score (nSPS) is 50.8. The fraction of sp³-hybridized carbons (Fsp3) is 1.00. The van der Waals surface area contributed by atoms with Crippen LogP contribution in [0.2, 0.25) is 0 Å². The van der Waals surface area contributed by atoms with E-state index >= 15 is 0 Å². The van der Waals surface area contributed by atoms with E-state index in [4.69, 9.17) is 19.3 Å². The summed E-state index contributed by atoms with van der Waals surface area (Å²) in [6, 6.07) is 0. The molecular formula is C9H16O5. The lowest BCUT2D eigenvalue weighted by Gasteiger charge is -2.26. The molecule has 2 saturated heterocycles. The van der Waals surface area contributed by atoms with E-state index in [2.05, 4.69) is 0 Å². The van der Waals surface area contributed by atoms with Crippen molar-refractivity contribution in [3.05, 3.63) is 0 Å². The Bertz CT molecular complexity index is 237. The average molecular weight is 204 g/mol. The molecule has 4 atom stereocenters. The summed E-state index contributed by atoms with van der Waals surface area (Å²) < 4.78 is 16.3. The van der Waals surface area contributed by atoms with Crippen molar-refractivity contribution >= 4 is 0 Å². The minimum Gasteiger partial charge on any atom is -0.394 e. The van der Waals surface area contributed by atoms with Gasteiger partial charge in [-0.3, -0.25) is 0 Å². The Morgan fingerprint density at radius 3 is 2.36 bits per heavy atom. The third-order valence-electron chi connectivity index (χ3n) is 2.59. The fourth-order valence-electron chi connectivity index (χ4n) is 2.06. The van der Waals surface area contributed by atoms with Gasteiger partial charge in [0, 0.05) is 0 Å². The Balaban J connectivity index is 2.21. The van der Waals surface area contributed by atoms with Crippen molar-refractivity contribution in [3.63, 3.8) is 0 Å². The SMILES string of the molecule is CC1(C)O[C@H]2[C@@H](O1)C(C)(O)O[C@@H]2CO. The van der Waals surface area contributed by atoms with E-state index in [0.29, 0.717) is 0 Å². The standard InChI is InChI=1S/C9H16O5/c1-8(2)13-6-5(4-10)12-9(3,11)7(6)14-8/h5-7,10-11H,4H2,1-3H3/t5-,6-,7-,9?/m1/s1. The number of ether oxygens (including phenoxy) is 3. The molecule has 0 aromatic rings. The van der Waals surface area contributed by atoms with Gasteiger partial charge in [-0.25, -0.2) is 0 Å². The van der Waals surface area contributed by atoms with E-state index < -0.39 is 29.9 Å². The van der Waals surface area contributed by atoms with Crippen LogP contribution >= 0.6 is 0 Å². The molecule has 0 aromatic carbocycles. The minimum atomic E-state index is -1.38. The average Bonchev–Trinajstić information content (AvgIpc) is 2.46. The molecule has 2 fully saturated rings. The van der Waals surface area contributed by atoms with Gasteiger partial charge < -0.3 is 24.4 Å². The Morgan fingerprint density at radius 2 is 1.79 bits per heavy atom. The Labute approximate surface area is 82.6 Å². The number of fused-ring (bicyclic) bond motifs is 1. The van der Waals surface area contributed by atoms with Gasteiger partial charge in [0.05, 0.1) is 6.61 Å². The van der Waals surface area contributed by atoms with Crippen molar-refractivity contribution in [1.29, 1.82) is 0 Å². The molecule has 14 heavy (non-hydrogen) atoms. The first kappa shape index (κ1) is 10.3. The maximum Gasteiger partial charge on any atom is 0.192 e. The Kier molecular flexibility index (Phi) is 2.14. The lowest BCUT2D eigenvalue weighted by molar-refractivity contribution is -0.268. The molecule has 2 aliphatic heterocycles. The van der Waals surface area contributed by atoms with Gasteiger partial charge >= 0.3 is 0 Å². The molecule has 1 unspecified atom stereocenters. The second kappa shape index (κ2) is 2.90. The van der Waals surface area contributed by atoms with Crippen LogP contribution < -0.4 is 0 Å². The quantitative estimate of drug-likeness (QED) is 0.608. The minimum absolute atomic E-state index is 0.184. The van der Waals surface area contributed by atoms with Crippen molar-refractivity contribution < 1.29 is 24.4 Å². The van der Waals surface area contributed by atoms with Crippen molar-refractivity contribution in [2.45, 2.75) is 50.7 Å². The second-order valence-electron chi connectivity index (χ2n) is 4.41. The summed E-state index contributed by atoms with van der Waals surface area (Å²) in [5.74, 6) is -2.11. The third kappa shape index (κ3) is 1.45. The lowest BCUT2D eigenvalue weighted by Crippen LogP contribution is -2.40. The van der Waals surface area contributed by atoms with Gasteiger partial charge in [0.25, 0.3) is 0 Å². The smallest absolute Gasteiger partial charge is 0.192 e. The molecule has 2 rings (SSSR count). The molecule has 0 aromatic heterocycles. The summed E-state index contributed by atoms with van der Waals surface area (Å²) in [4.78, 5) is 0. The van der Waals surface area contributed by atoms with Crippen LogP contribution in [0.4, 0.5) is 0 Å². The van der Waals surface area contributed by atoms with Gasteiger partial charge in [-0.2, -0.15) is 0 Å². The molecule has 0 aliphatic carbocycles. The van der Waals surface area contributed by atoms with Crippen molar-refractivity contribution in [2.24, 2.45) is 0 Å². The van der Waals surface area contributed by atoms with E-state index in [1.165, 1.54) is 6.92 Å². The van der Waals surface area contributed by atoms with E-state index in [9.17, 15) is 5.11 Å². The molecule has 0 amide bonds. The maximum absolute atomic E-state index is 9.86. The second-order valence-corrected chi connectivity index (χ2v) is 4.41. The zero-order chi connectivity index (χ0) is 10.6. The van der Waals surface area contributed by atoms with Crippen LogP contribution in [0.3, 0.4) is 0 Å². The largest absolute Gasteiger partial charge is 0.394 e. The van der Waals surface area contributed by atoms with Crippen molar-refractivity contribution in [1.82, 2.24) is 0 Å². The molecule has 2 heterocycles. The van der Waals surface area contributed by atoms with Crippen LogP contribution in [-0.2, 0) is 14.2 Å². The summed E-state index contributed by atoms with van der Waals surface area (Å²) >= 11 is 0. The zero-order valence-corrected chi connectivity index (χ0v) is 8.56. The summed E-state index contributed by atoms with van der Waals surface area (Å²) in [5, 5.41) is 18.9. The first-order valence-electron chi connectivity index (χ1n) is 4.72. The number of hydrogen-bond acceptors (Lipinski definition) is 5. The fourth-order valence-corrected chi connectivity index (χ4v) is 2.06. The van der Waals surface area contributed by atoms with E-state index in [1.54, 1.807) is 13.8 Å². The first-order valence-corrected chi connectivity index (χ1v) is 4.72. The van der Waals surface area contributed by atoms with Crippen LogP contribution in [0.1, 0.15) is 20.8 Å². The first-order chi connectivity index (χ1) is 6.36. The number of rotatable bonds is 1. The monoisotopic (exact) mass is 204 g/mol. The number of aliphatic hydroxyl groups is 2. The molecule has 2 aliphatic rings. The summed E-state index contributed by atoms with van der Waals surface area (Å²) in [6.45, 7) is 4.88. The maximum atomic E-state index is 9.86. The molecule has 0 saturated carbocycles.